The van der Waals surface area contributed by atoms with Gasteiger partial charge in [-0.05, 0) is 37.2 Å². The van der Waals surface area contributed by atoms with Crippen molar-refractivity contribution in [3.05, 3.63) is 59.6 Å². The number of anilines is 1. The quantitative estimate of drug-likeness (QED) is 0.296. The Morgan fingerprint density at radius 2 is 2.05 bits per heavy atom. The zero-order chi connectivity index (χ0) is 28.2. The highest BCUT2D eigenvalue weighted by atomic mass is 35.5. The number of amides is 1. The van der Waals surface area contributed by atoms with Crippen molar-refractivity contribution in [1.82, 2.24) is 34.2 Å². The smallest absolute Gasteiger partial charge is 0.387 e. The number of fused-ring (bicyclic) bond motifs is 1. The first-order valence-corrected chi connectivity index (χ1v) is 13.3. The summed E-state index contributed by atoms with van der Waals surface area (Å²) < 4.78 is 34.1. The van der Waals surface area contributed by atoms with Crippen molar-refractivity contribution >= 4 is 28.8 Å². The largest absolute Gasteiger partial charge is 0.434 e. The van der Waals surface area contributed by atoms with E-state index in [2.05, 4.69) is 32.3 Å². The van der Waals surface area contributed by atoms with E-state index >= 15 is 0 Å². The Labute approximate surface area is 233 Å². The van der Waals surface area contributed by atoms with Crippen LogP contribution >= 0.6 is 11.6 Å². The van der Waals surface area contributed by atoms with Crippen LogP contribution in [-0.2, 0) is 6.54 Å². The lowest BCUT2D eigenvalue weighted by atomic mass is 10.1. The molecule has 2 N–H and O–H groups in total. The summed E-state index contributed by atoms with van der Waals surface area (Å²) in [5.41, 5.74) is 1.07. The van der Waals surface area contributed by atoms with E-state index in [1.807, 2.05) is 4.90 Å². The molecule has 0 bridgehead atoms. The second kappa shape index (κ2) is 12.3. The van der Waals surface area contributed by atoms with E-state index in [9.17, 15) is 18.7 Å². The second-order valence-electron chi connectivity index (χ2n) is 9.39. The Bertz CT molecular complexity index is 1470. The van der Waals surface area contributed by atoms with Crippen molar-refractivity contribution < 1.29 is 23.4 Å². The third-order valence-corrected chi connectivity index (χ3v) is 6.90. The summed E-state index contributed by atoms with van der Waals surface area (Å²) in [4.78, 5) is 21.8. The maximum absolute atomic E-state index is 13.3. The standard InChI is InChI=1S/C26H29ClF2N8O3/c1-2-7-34-9-11-35(12-10-34)22(38)16-36-15-20(32-25(39)19-14-31-37-8-3-6-30-24(19)37)23(33-36)18-13-17(27)4-5-21(18)40-26(28)29/h3-6,8,13-15,22,26,38H,2,7,9-12,16H2,1H3,(H,32,39). The number of rotatable bonds is 10. The van der Waals surface area contributed by atoms with Gasteiger partial charge >= 0.3 is 6.61 Å². The molecule has 1 aromatic carbocycles. The number of aliphatic hydroxyl groups is 1. The van der Waals surface area contributed by atoms with Gasteiger partial charge in [-0.15, -0.1) is 0 Å². The van der Waals surface area contributed by atoms with Crippen LogP contribution in [0.5, 0.6) is 5.75 Å². The van der Waals surface area contributed by atoms with Gasteiger partial charge in [0.15, 0.2) is 5.65 Å². The molecule has 0 aliphatic carbocycles. The fourth-order valence-corrected chi connectivity index (χ4v) is 4.92. The fraction of sp³-hybridized carbons (Fsp3) is 0.385. The minimum atomic E-state index is -3.09. The molecule has 0 radical (unpaired) electrons. The van der Waals surface area contributed by atoms with Crippen molar-refractivity contribution in [2.24, 2.45) is 0 Å². The van der Waals surface area contributed by atoms with E-state index in [0.717, 1.165) is 26.1 Å². The molecule has 1 unspecified atom stereocenters. The highest BCUT2D eigenvalue weighted by molar-refractivity contribution is 6.31. The lowest BCUT2D eigenvalue weighted by molar-refractivity contribution is -0.0494. The van der Waals surface area contributed by atoms with E-state index in [0.29, 0.717) is 18.7 Å². The van der Waals surface area contributed by atoms with Crippen LogP contribution in [0.3, 0.4) is 0 Å². The summed E-state index contributed by atoms with van der Waals surface area (Å²) in [6.45, 7) is 3.24. The molecule has 4 heterocycles. The van der Waals surface area contributed by atoms with Crippen molar-refractivity contribution in [3.8, 4) is 17.0 Å². The van der Waals surface area contributed by atoms with Crippen LogP contribution in [-0.4, -0.2) is 90.8 Å². The monoisotopic (exact) mass is 574 g/mol. The summed E-state index contributed by atoms with van der Waals surface area (Å²) in [7, 11) is 0. The maximum Gasteiger partial charge on any atom is 0.387 e. The first kappa shape index (κ1) is 27.9. The number of halogens is 3. The van der Waals surface area contributed by atoms with Gasteiger partial charge in [0.2, 0.25) is 0 Å². The summed E-state index contributed by atoms with van der Waals surface area (Å²) in [6.07, 6.45) is 6.34. The Kier molecular flexibility index (Phi) is 8.54. The normalized spacial score (nSPS) is 15.6. The number of carbonyl (C=O) groups is 1. The van der Waals surface area contributed by atoms with Gasteiger partial charge in [0.05, 0.1) is 18.4 Å². The van der Waals surface area contributed by atoms with E-state index in [1.165, 1.54) is 39.8 Å². The van der Waals surface area contributed by atoms with Gasteiger partial charge < -0.3 is 20.1 Å². The van der Waals surface area contributed by atoms with Crippen LogP contribution in [0.4, 0.5) is 14.5 Å². The number of alkyl halides is 2. The number of aromatic nitrogens is 5. The fourth-order valence-electron chi connectivity index (χ4n) is 4.75. The zero-order valence-corrected chi connectivity index (χ0v) is 22.5. The number of hydrogen-bond acceptors (Lipinski definition) is 8. The van der Waals surface area contributed by atoms with Gasteiger partial charge in [-0.25, -0.2) is 9.50 Å². The van der Waals surface area contributed by atoms with Gasteiger partial charge in [0.25, 0.3) is 5.91 Å². The molecular formula is C26H29ClF2N8O3. The van der Waals surface area contributed by atoms with Gasteiger partial charge in [0, 0.05) is 55.4 Å². The average molecular weight is 575 g/mol. The van der Waals surface area contributed by atoms with E-state index in [4.69, 9.17) is 16.3 Å². The highest BCUT2D eigenvalue weighted by Gasteiger charge is 2.25. The van der Waals surface area contributed by atoms with Crippen molar-refractivity contribution in [3.63, 3.8) is 0 Å². The van der Waals surface area contributed by atoms with Crippen LogP contribution < -0.4 is 10.1 Å². The number of hydrogen-bond donors (Lipinski definition) is 2. The minimum Gasteiger partial charge on any atom is -0.434 e. The molecule has 0 saturated carbocycles. The van der Waals surface area contributed by atoms with Crippen LogP contribution in [0, 0.1) is 0 Å². The first-order valence-electron chi connectivity index (χ1n) is 12.9. The topological polar surface area (TPSA) is 113 Å². The summed E-state index contributed by atoms with van der Waals surface area (Å²) in [5.74, 6) is -0.689. The summed E-state index contributed by atoms with van der Waals surface area (Å²) in [5, 5.41) is 22.7. The number of aliphatic hydroxyl groups excluding tert-OH is 1. The minimum absolute atomic E-state index is 0.0839. The molecule has 1 aliphatic heterocycles. The zero-order valence-electron chi connectivity index (χ0n) is 21.8. The van der Waals surface area contributed by atoms with Crippen molar-refractivity contribution in [2.75, 3.05) is 38.0 Å². The van der Waals surface area contributed by atoms with Crippen LogP contribution in [0.1, 0.15) is 23.7 Å². The first-order chi connectivity index (χ1) is 19.3. The second-order valence-corrected chi connectivity index (χ2v) is 9.83. The Hall–Kier alpha value is -3.65. The SMILES string of the molecule is CCCN1CCN(C(O)Cn2cc(NC(=O)c3cnn4cccnc34)c(-c3cc(Cl)ccc3OC(F)F)n2)CC1. The molecule has 1 amide bonds. The lowest BCUT2D eigenvalue weighted by Gasteiger charge is -2.37. The molecular weight excluding hydrogens is 546 g/mol. The summed E-state index contributed by atoms with van der Waals surface area (Å²) in [6, 6.07) is 5.85. The van der Waals surface area contributed by atoms with E-state index in [1.54, 1.807) is 18.5 Å². The third kappa shape index (κ3) is 6.22. The Balaban J connectivity index is 1.45. The van der Waals surface area contributed by atoms with E-state index < -0.39 is 18.7 Å². The number of carbonyl (C=O) groups excluding carboxylic acids is 1. The number of benzene rings is 1. The Morgan fingerprint density at radius 1 is 1.25 bits per heavy atom. The molecule has 3 aromatic heterocycles. The number of ether oxygens (including phenoxy) is 1. The van der Waals surface area contributed by atoms with Gasteiger partial charge in [-0.1, -0.05) is 18.5 Å². The molecule has 4 aromatic rings. The van der Waals surface area contributed by atoms with Gasteiger partial charge in [-0.3, -0.25) is 14.4 Å². The van der Waals surface area contributed by atoms with Crippen LogP contribution in [0.2, 0.25) is 5.02 Å². The molecule has 1 fully saturated rings. The molecule has 1 saturated heterocycles. The van der Waals surface area contributed by atoms with Crippen molar-refractivity contribution in [2.45, 2.75) is 32.7 Å². The van der Waals surface area contributed by atoms with Gasteiger partial charge in [0.1, 0.15) is 23.2 Å². The van der Waals surface area contributed by atoms with E-state index in [-0.39, 0.29) is 39.8 Å². The molecule has 1 atom stereocenters. The van der Waals surface area contributed by atoms with Crippen molar-refractivity contribution in [1.29, 1.82) is 0 Å². The third-order valence-electron chi connectivity index (χ3n) is 6.67. The average Bonchev–Trinajstić information content (AvgIpc) is 3.54. The molecule has 11 nitrogen and oxygen atoms in total. The van der Waals surface area contributed by atoms with Crippen LogP contribution in [0.15, 0.2) is 49.1 Å². The molecule has 14 heteroatoms. The molecule has 0 spiro atoms. The lowest BCUT2D eigenvalue weighted by Crippen LogP contribution is -2.51. The number of nitrogens with zero attached hydrogens (tertiary/aromatic N) is 7. The molecule has 40 heavy (non-hydrogen) atoms. The highest BCUT2D eigenvalue weighted by Crippen LogP contribution is 2.37. The Morgan fingerprint density at radius 3 is 2.80 bits per heavy atom. The van der Waals surface area contributed by atoms with Crippen LogP contribution in [0.25, 0.3) is 16.9 Å². The maximum atomic E-state index is 13.3. The number of piperazine rings is 1. The number of nitrogens with one attached hydrogen (secondary N) is 1. The molecule has 1 aliphatic rings. The van der Waals surface area contributed by atoms with Gasteiger partial charge in [-0.2, -0.15) is 19.0 Å². The summed E-state index contributed by atoms with van der Waals surface area (Å²) >= 11 is 6.20. The molecule has 5 rings (SSSR count). The predicted molar refractivity (Wildman–Crippen MR) is 145 cm³/mol. The predicted octanol–water partition coefficient (Wildman–Crippen LogP) is 3.45. The molecule has 212 valence electrons.